The van der Waals surface area contributed by atoms with Crippen LogP contribution in [-0.4, -0.2) is 27.6 Å². The summed E-state index contributed by atoms with van der Waals surface area (Å²) in [5.74, 6) is -0.879. The van der Waals surface area contributed by atoms with Gasteiger partial charge in [0.15, 0.2) is 0 Å². The highest BCUT2D eigenvalue weighted by Gasteiger charge is 2.46. The highest BCUT2D eigenvalue weighted by Crippen LogP contribution is 2.56. The zero-order chi connectivity index (χ0) is 17.3. The molecule has 0 saturated heterocycles. The average Bonchev–Trinajstić information content (AvgIpc) is 3.12. The summed E-state index contributed by atoms with van der Waals surface area (Å²) in [6, 6.07) is -0.0616. The van der Waals surface area contributed by atoms with E-state index in [0.29, 0.717) is 5.41 Å². The fourth-order valence-electron chi connectivity index (χ4n) is 3.90. The van der Waals surface area contributed by atoms with E-state index in [1.165, 1.54) is 19.3 Å². The number of carbonyl (C=O) groups excluding carboxylic acids is 2. The molecule has 1 heterocycles. The molecule has 2 saturated carbocycles. The number of amides is 2. The molecule has 0 aromatic carbocycles. The van der Waals surface area contributed by atoms with E-state index in [9.17, 15) is 9.59 Å². The number of nitrogens with one attached hydrogen (secondary N) is 2. The van der Waals surface area contributed by atoms with Crippen molar-refractivity contribution in [3.63, 3.8) is 0 Å². The van der Waals surface area contributed by atoms with Gasteiger partial charge in [0.05, 0.1) is 12.2 Å². The Morgan fingerprint density at radius 2 is 2.04 bits per heavy atom. The predicted molar refractivity (Wildman–Crippen MR) is 91.0 cm³/mol. The van der Waals surface area contributed by atoms with Gasteiger partial charge in [0, 0.05) is 24.8 Å². The maximum Gasteiger partial charge on any atom is 0.309 e. The predicted octanol–water partition coefficient (Wildman–Crippen LogP) is 2.07. The van der Waals surface area contributed by atoms with Crippen LogP contribution in [0.3, 0.4) is 0 Å². The summed E-state index contributed by atoms with van der Waals surface area (Å²) in [7, 11) is 1.84. The van der Waals surface area contributed by atoms with Crippen LogP contribution in [0.15, 0.2) is 12.4 Å². The number of rotatable bonds is 4. The van der Waals surface area contributed by atoms with Crippen LogP contribution >= 0.6 is 0 Å². The van der Waals surface area contributed by atoms with Crippen LogP contribution in [0.5, 0.6) is 0 Å². The molecule has 0 aliphatic heterocycles. The fraction of sp³-hybridized carbons (Fsp3) is 0.722. The van der Waals surface area contributed by atoms with E-state index in [2.05, 4.69) is 15.7 Å². The minimum absolute atomic E-state index is 0.149. The molecule has 2 atom stereocenters. The van der Waals surface area contributed by atoms with Gasteiger partial charge in [0.25, 0.3) is 0 Å². The van der Waals surface area contributed by atoms with Gasteiger partial charge in [-0.2, -0.15) is 5.10 Å². The first-order valence-electron chi connectivity index (χ1n) is 8.98. The van der Waals surface area contributed by atoms with E-state index < -0.39 is 11.8 Å². The zero-order valence-corrected chi connectivity index (χ0v) is 14.8. The van der Waals surface area contributed by atoms with Crippen LogP contribution in [0.4, 0.5) is 0 Å². The van der Waals surface area contributed by atoms with Gasteiger partial charge >= 0.3 is 11.8 Å². The van der Waals surface area contributed by atoms with Crippen molar-refractivity contribution in [3.8, 4) is 0 Å². The van der Waals surface area contributed by atoms with Gasteiger partial charge in [-0.3, -0.25) is 14.3 Å². The van der Waals surface area contributed by atoms with Gasteiger partial charge < -0.3 is 10.6 Å². The van der Waals surface area contributed by atoms with E-state index in [4.69, 9.17) is 0 Å². The lowest BCUT2D eigenvalue weighted by Gasteiger charge is -2.30. The molecule has 2 aliphatic rings. The first-order chi connectivity index (χ1) is 11.4. The highest BCUT2D eigenvalue weighted by atomic mass is 16.2. The van der Waals surface area contributed by atoms with Crippen LogP contribution < -0.4 is 10.6 Å². The Kier molecular flexibility index (Phi) is 4.65. The van der Waals surface area contributed by atoms with Gasteiger partial charge in [-0.15, -0.1) is 0 Å². The third-order valence-corrected chi connectivity index (χ3v) is 5.47. The molecule has 132 valence electrons. The van der Waals surface area contributed by atoms with Gasteiger partial charge in [-0.25, -0.2) is 0 Å². The minimum Gasteiger partial charge on any atom is -0.345 e. The molecule has 2 amide bonds. The van der Waals surface area contributed by atoms with Crippen molar-refractivity contribution < 1.29 is 9.59 Å². The summed E-state index contributed by atoms with van der Waals surface area (Å²) >= 11 is 0. The second kappa shape index (κ2) is 6.57. The van der Waals surface area contributed by atoms with Gasteiger partial charge in [-0.1, -0.05) is 20.3 Å². The maximum absolute atomic E-state index is 12.3. The van der Waals surface area contributed by atoms with E-state index in [1.54, 1.807) is 10.9 Å². The molecule has 1 aromatic rings. The van der Waals surface area contributed by atoms with Crippen molar-refractivity contribution in [2.45, 2.75) is 64.5 Å². The number of nitrogens with zero attached hydrogens (tertiary/aromatic N) is 2. The van der Waals surface area contributed by atoms with Crippen molar-refractivity contribution in [2.24, 2.45) is 18.4 Å². The van der Waals surface area contributed by atoms with E-state index >= 15 is 0 Å². The van der Waals surface area contributed by atoms with E-state index in [0.717, 1.165) is 24.8 Å². The Morgan fingerprint density at radius 1 is 1.29 bits per heavy atom. The average molecular weight is 332 g/mol. The molecule has 6 nitrogen and oxygen atoms in total. The van der Waals surface area contributed by atoms with E-state index in [1.807, 2.05) is 27.1 Å². The molecule has 0 radical (unpaired) electrons. The van der Waals surface area contributed by atoms with Crippen molar-refractivity contribution >= 4 is 11.8 Å². The maximum atomic E-state index is 12.3. The summed E-state index contributed by atoms with van der Waals surface area (Å²) in [6.07, 6.45) is 10.6. The molecule has 24 heavy (non-hydrogen) atoms. The minimum atomic E-state index is -0.548. The van der Waals surface area contributed by atoms with Crippen LogP contribution in [0.2, 0.25) is 0 Å². The van der Waals surface area contributed by atoms with Crippen LogP contribution in [0.1, 0.15) is 64.0 Å². The molecular weight excluding hydrogens is 304 g/mol. The molecule has 6 heteroatoms. The molecule has 1 spiro atoms. The summed E-state index contributed by atoms with van der Waals surface area (Å²) in [5.41, 5.74) is 1.39. The zero-order valence-electron chi connectivity index (χ0n) is 14.8. The molecule has 3 rings (SSSR count). The third kappa shape index (κ3) is 3.79. The number of hydrogen-bond acceptors (Lipinski definition) is 3. The van der Waals surface area contributed by atoms with Crippen LogP contribution in [0, 0.1) is 11.3 Å². The fourth-order valence-corrected chi connectivity index (χ4v) is 3.90. The van der Waals surface area contributed by atoms with Crippen molar-refractivity contribution in [2.75, 3.05) is 0 Å². The normalized spacial score (nSPS) is 23.1. The monoisotopic (exact) mass is 332 g/mol. The lowest BCUT2D eigenvalue weighted by atomic mass is 9.83. The Labute approximate surface area is 143 Å². The second-order valence-electron chi connectivity index (χ2n) is 7.91. The standard InChI is InChI=1S/C18H28N4O2/c1-12(2)15(13-10-19-22(3)11-13)21-17(24)16(23)20-14-5-4-6-18(9-14)7-8-18/h10-12,14-15H,4-9H2,1-3H3,(H,20,23)(H,21,24). The molecule has 2 aliphatic carbocycles. The first kappa shape index (κ1) is 17.0. The largest absolute Gasteiger partial charge is 0.345 e. The number of hydrogen-bond donors (Lipinski definition) is 2. The summed E-state index contributed by atoms with van der Waals surface area (Å²) in [5, 5.41) is 9.96. The molecular formula is C18H28N4O2. The summed E-state index contributed by atoms with van der Waals surface area (Å²) < 4.78 is 1.70. The van der Waals surface area contributed by atoms with Gasteiger partial charge in [-0.05, 0) is 43.4 Å². The first-order valence-corrected chi connectivity index (χ1v) is 8.98. The molecule has 2 N–H and O–H groups in total. The number of aromatic nitrogens is 2. The van der Waals surface area contributed by atoms with Gasteiger partial charge in [0.1, 0.15) is 0 Å². The van der Waals surface area contributed by atoms with Crippen LogP contribution in [0.25, 0.3) is 0 Å². The quantitative estimate of drug-likeness (QED) is 0.829. The Balaban J connectivity index is 1.57. The van der Waals surface area contributed by atoms with Crippen molar-refractivity contribution in [1.82, 2.24) is 20.4 Å². The highest BCUT2D eigenvalue weighted by molar-refractivity contribution is 6.35. The SMILES string of the molecule is CC(C)C(NC(=O)C(=O)NC1CCCC2(CC2)C1)c1cnn(C)c1. The molecule has 0 bridgehead atoms. The lowest BCUT2D eigenvalue weighted by molar-refractivity contribution is -0.140. The molecule has 2 fully saturated rings. The second-order valence-corrected chi connectivity index (χ2v) is 7.91. The summed E-state index contributed by atoms with van der Waals surface area (Å²) in [6.45, 7) is 4.04. The number of aryl methyl sites for hydroxylation is 1. The van der Waals surface area contributed by atoms with Crippen molar-refractivity contribution in [3.05, 3.63) is 18.0 Å². The Hall–Kier alpha value is -1.85. The smallest absolute Gasteiger partial charge is 0.309 e. The topological polar surface area (TPSA) is 76.0 Å². The Morgan fingerprint density at radius 3 is 2.62 bits per heavy atom. The van der Waals surface area contributed by atoms with E-state index in [-0.39, 0.29) is 18.0 Å². The lowest BCUT2D eigenvalue weighted by Crippen LogP contribution is -2.47. The summed E-state index contributed by atoms with van der Waals surface area (Å²) in [4.78, 5) is 24.6. The molecule has 2 unspecified atom stereocenters. The van der Waals surface area contributed by atoms with Crippen molar-refractivity contribution in [1.29, 1.82) is 0 Å². The third-order valence-electron chi connectivity index (χ3n) is 5.47. The van der Waals surface area contributed by atoms with Gasteiger partial charge in [0.2, 0.25) is 0 Å². The molecule has 1 aromatic heterocycles. The van der Waals surface area contributed by atoms with Crippen LogP contribution in [-0.2, 0) is 16.6 Å². The Bertz CT molecular complexity index is 618. The number of carbonyl (C=O) groups is 2.